The zero-order valence-corrected chi connectivity index (χ0v) is 17.3. The second-order valence-electron chi connectivity index (χ2n) is 8.05. The van der Waals surface area contributed by atoms with Crippen molar-refractivity contribution >= 4 is 11.0 Å². The molecule has 31 heavy (non-hydrogen) atoms. The van der Waals surface area contributed by atoms with Gasteiger partial charge >= 0.3 is 0 Å². The molecule has 3 aromatic carbocycles. The molecule has 0 bridgehead atoms. The number of hydrogen-bond acceptors (Lipinski definition) is 4. The fourth-order valence-corrected chi connectivity index (χ4v) is 4.32. The van der Waals surface area contributed by atoms with Crippen molar-refractivity contribution < 1.29 is 9.15 Å². The Balaban J connectivity index is 1.51. The highest BCUT2D eigenvalue weighted by atomic mass is 16.5. The van der Waals surface area contributed by atoms with E-state index in [0.717, 1.165) is 37.1 Å². The number of fused-ring (bicyclic) bond motifs is 1. The van der Waals surface area contributed by atoms with Crippen LogP contribution < -0.4 is 15.5 Å². The highest BCUT2D eigenvalue weighted by Gasteiger charge is 2.27. The number of nitrogens with one attached hydrogen (secondary N) is 1. The van der Waals surface area contributed by atoms with E-state index in [0.29, 0.717) is 28.4 Å². The van der Waals surface area contributed by atoms with Crippen LogP contribution in [0.15, 0.2) is 94.1 Å². The minimum absolute atomic E-state index is 0.0530. The Morgan fingerprint density at radius 1 is 0.935 bits per heavy atom. The Kier molecular flexibility index (Phi) is 5.55. The van der Waals surface area contributed by atoms with Gasteiger partial charge in [-0.2, -0.15) is 0 Å². The predicted octanol–water partition coefficient (Wildman–Crippen LogP) is 5.58. The summed E-state index contributed by atoms with van der Waals surface area (Å²) in [4.78, 5) is 12.7. The summed E-state index contributed by atoms with van der Waals surface area (Å²) in [5.74, 6) is 1.65. The van der Waals surface area contributed by atoms with E-state index < -0.39 is 0 Å². The van der Waals surface area contributed by atoms with E-state index in [-0.39, 0.29) is 11.5 Å². The summed E-state index contributed by atoms with van der Waals surface area (Å²) in [6.07, 6.45) is 2.20. The molecule has 4 nitrogen and oxygen atoms in total. The Labute approximate surface area is 181 Å². The minimum atomic E-state index is -0.0597. The largest absolute Gasteiger partial charge is 0.485 e. The zero-order valence-electron chi connectivity index (χ0n) is 17.3. The monoisotopic (exact) mass is 411 g/mol. The molecule has 2 unspecified atom stereocenters. The van der Waals surface area contributed by atoms with E-state index in [4.69, 9.17) is 9.15 Å². The summed E-state index contributed by atoms with van der Waals surface area (Å²) in [6, 6.07) is 27.1. The van der Waals surface area contributed by atoms with Crippen molar-refractivity contribution in [2.75, 3.05) is 13.1 Å². The van der Waals surface area contributed by atoms with Crippen LogP contribution in [0.25, 0.3) is 22.3 Å². The van der Waals surface area contributed by atoms with Crippen LogP contribution in [-0.2, 0) is 0 Å². The zero-order chi connectivity index (χ0) is 21.0. The van der Waals surface area contributed by atoms with E-state index >= 15 is 0 Å². The molecule has 0 amide bonds. The molecular formula is C27H25NO3. The summed E-state index contributed by atoms with van der Waals surface area (Å²) in [6.45, 7) is 1.99. The summed E-state index contributed by atoms with van der Waals surface area (Å²) in [5, 5.41) is 4.05. The first-order valence-corrected chi connectivity index (χ1v) is 10.8. The van der Waals surface area contributed by atoms with Crippen LogP contribution in [0.1, 0.15) is 24.5 Å². The molecule has 1 aliphatic rings. The predicted molar refractivity (Wildman–Crippen MR) is 123 cm³/mol. The number of piperidine rings is 1. The molecule has 4 aromatic rings. The van der Waals surface area contributed by atoms with Crippen molar-refractivity contribution in [3.63, 3.8) is 0 Å². The molecule has 2 atom stereocenters. The van der Waals surface area contributed by atoms with Crippen LogP contribution in [0.4, 0.5) is 0 Å². The van der Waals surface area contributed by atoms with Crippen molar-refractivity contribution in [2.24, 2.45) is 5.92 Å². The lowest BCUT2D eigenvalue weighted by Crippen LogP contribution is -2.35. The second kappa shape index (κ2) is 8.78. The lowest BCUT2D eigenvalue weighted by atomic mass is 9.89. The van der Waals surface area contributed by atoms with Gasteiger partial charge in [0.25, 0.3) is 0 Å². The first-order chi connectivity index (χ1) is 15.3. The molecule has 1 aromatic heterocycles. The quantitative estimate of drug-likeness (QED) is 0.466. The van der Waals surface area contributed by atoms with Gasteiger partial charge in [-0.3, -0.25) is 4.79 Å². The minimum Gasteiger partial charge on any atom is -0.485 e. The maximum atomic E-state index is 12.7. The van der Waals surface area contributed by atoms with Crippen LogP contribution in [0.2, 0.25) is 0 Å². The Morgan fingerprint density at radius 3 is 2.45 bits per heavy atom. The normalized spacial score (nSPS) is 17.4. The van der Waals surface area contributed by atoms with Gasteiger partial charge in [0.1, 0.15) is 23.2 Å². The molecule has 1 N–H and O–H groups in total. The van der Waals surface area contributed by atoms with Crippen molar-refractivity contribution in [1.82, 2.24) is 5.32 Å². The molecular weight excluding hydrogens is 386 g/mol. The molecule has 1 fully saturated rings. The van der Waals surface area contributed by atoms with Crippen molar-refractivity contribution in [3.05, 3.63) is 101 Å². The van der Waals surface area contributed by atoms with Crippen molar-refractivity contribution in [3.8, 4) is 17.1 Å². The summed E-state index contributed by atoms with van der Waals surface area (Å²) >= 11 is 0. The van der Waals surface area contributed by atoms with Crippen LogP contribution in [0.5, 0.6) is 5.75 Å². The van der Waals surface area contributed by atoms with Gasteiger partial charge in [0.15, 0.2) is 5.43 Å². The fraction of sp³-hybridized carbons (Fsp3) is 0.222. The molecule has 0 radical (unpaired) electrons. The standard InChI is InChI=1S/C27H25NO3/c29-24-17-25(19-8-3-1-4-9-19)31-26-16-22(13-14-23(24)26)30-27(20-10-5-2-6-11-20)21-12-7-15-28-18-21/h1-6,8-11,13-14,16-17,21,27-28H,7,12,15,18H2. The van der Waals surface area contributed by atoms with Gasteiger partial charge in [-0.15, -0.1) is 0 Å². The molecule has 5 rings (SSSR count). The third-order valence-electron chi connectivity index (χ3n) is 5.91. The number of hydrogen-bond donors (Lipinski definition) is 1. The fourth-order valence-electron chi connectivity index (χ4n) is 4.32. The molecule has 0 spiro atoms. The van der Waals surface area contributed by atoms with E-state index in [2.05, 4.69) is 17.4 Å². The van der Waals surface area contributed by atoms with E-state index in [1.54, 1.807) is 12.1 Å². The third-order valence-corrected chi connectivity index (χ3v) is 5.91. The summed E-state index contributed by atoms with van der Waals surface area (Å²) in [5.41, 5.74) is 2.53. The van der Waals surface area contributed by atoms with Crippen molar-refractivity contribution in [2.45, 2.75) is 18.9 Å². The topological polar surface area (TPSA) is 51.5 Å². The molecule has 156 valence electrons. The van der Waals surface area contributed by atoms with Gasteiger partial charge in [-0.1, -0.05) is 60.7 Å². The van der Waals surface area contributed by atoms with Crippen LogP contribution in [0, 0.1) is 5.92 Å². The Hall–Kier alpha value is -3.37. The molecule has 2 heterocycles. The van der Waals surface area contributed by atoms with Gasteiger partial charge in [-0.25, -0.2) is 0 Å². The first-order valence-electron chi connectivity index (χ1n) is 10.8. The molecule has 4 heteroatoms. The number of ether oxygens (including phenoxy) is 1. The van der Waals surface area contributed by atoms with Crippen LogP contribution in [0.3, 0.4) is 0 Å². The van der Waals surface area contributed by atoms with Crippen LogP contribution >= 0.6 is 0 Å². The Morgan fingerprint density at radius 2 is 1.71 bits per heavy atom. The average Bonchev–Trinajstić information content (AvgIpc) is 2.84. The molecule has 0 aliphatic carbocycles. The maximum absolute atomic E-state index is 12.7. The lowest BCUT2D eigenvalue weighted by molar-refractivity contribution is 0.116. The van der Waals surface area contributed by atoms with Gasteiger partial charge < -0.3 is 14.5 Å². The number of benzene rings is 3. The SMILES string of the molecule is O=c1cc(-c2ccccc2)oc2cc(OC(c3ccccc3)C3CCCNC3)ccc12. The van der Waals surface area contributed by atoms with Gasteiger partial charge in [0.2, 0.25) is 0 Å². The molecule has 1 saturated heterocycles. The van der Waals surface area contributed by atoms with Gasteiger partial charge in [-0.05, 0) is 37.1 Å². The van der Waals surface area contributed by atoms with Gasteiger partial charge in [0, 0.05) is 30.2 Å². The highest BCUT2D eigenvalue weighted by molar-refractivity contribution is 5.80. The molecule has 1 aliphatic heterocycles. The highest BCUT2D eigenvalue weighted by Crippen LogP contribution is 2.33. The van der Waals surface area contributed by atoms with E-state index in [1.165, 1.54) is 0 Å². The summed E-state index contributed by atoms with van der Waals surface area (Å²) in [7, 11) is 0. The van der Waals surface area contributed by atoms with Crippen LogP contribution in [-0.4, -0.2) is 13.1 Å². The molecule has 0 saturated carbocycles. The van der Waals surface area contributed by atoms with E-state index in [1.807, 2.05) is 60.7 Å². The van der Waals surface area contributed by atoms with Gasteiger partial charge in [0.05, 0.1) is 5.39 Å². The Bertz CT molecular complexity index is 1210. The summed E-state index contributed by atoms with van der Waals surface area (Å²) < 4.78 is 12.6. The van der Waals surface area contributed by atoms with E-state index in [9.17, 15) is 4.79 Å². The maximum Gasteiger partial charge on any atom is 0.193 e. The lowest BCUT2D eigenvalue weighted by Gasteiger charge is -2.31. The smallest absolute Gasteiger partial charge is 0.193 e. The first kappa shape index (κ1) is 19.6. The number of rotatable bonds is 5. The van der Waals surface area contributed by atoms with Crippen molar-refractivity contribution in [1.29, 1.82) is 0 Å². The second-order valence-corrected chi connectivity index (χ2v) is 8.05. The average molecular weight is 412 g/mol. The third kappa shape index (κ3) is 4.25.